The van der Waals surface area contributed by atoms with E-state index in [1.807, 2.05) is 13.8 Å². The van der Waals surface area contributed by atoms with Gasteiger partial charge < -0.3 is 14.9 Å². The fourth-order valence-corrected chi connectivity index (χ4v) is 2.04. The zero-order valence-electron chi connectivity index (χ0n) is 10.8. The van der Waals surface area contributed by atoms with E-state index < -0.39 is 11.9 Å². The molecule has 2 atom stereocenters. The van der Waals surface area contributed by atoms with Gasteiger partial charge in [0.2, 0.25) is 0 Å². The molecule has 0 radical (unpaired) electrons. The van der Waals surface area contributed by atoms with E-state index in [1.165, 1.54) is 0 Å². The van der Waals surface area contributed by atoms with Gasteiger partial charge in [-0.15, -0.1) is 0 Å². The number of hydrogen-bond acceptors (Lipinski definition) is 2. The molecule has 0 bridgehead atoms. The van der Waals surface area contributed by atoms with Gasteiger partial charge in [0.25, 0.3) is 0 Å². The van der Waals surface area contributed by atoms with Crippen molar-refractivity contribution in [2.24, 2.45) is 5.92 Å². The van der Waals surface area contributed by atoms with Crippen LogP contribution in [-0.2, 0) is 4.79 Å². The molecule has 0 spiro atoms. The van der Waals surface area contributed by atoms with E-state index in [4.69, 9.17) is 5.11 Å². The first-order valence-electron chi connectivity index (χ1n) is 6.21. The van der Waals surface area contributed by atoms with E-state index in [1.54, 1.807) is 16.8 Å². The third-order valence-corrected chi connectivity index (χ3v) is 3.59. The molecule has 98 valence electrons. The molecule has 1 fully saturated rings. The summed E-state index contributed by atoms with van der Waals surface area (Å²) in [4.78, 5) is 26.4. The normalized spacial score (nSPS) is 22.1. The van der Waals surface area contributed by atoms with Gasteiger partial charge in [-0.1, -0.05) is 6.92 Å². The van der Waals surface area contributed by atoms with Gasteiger partial charge in [-0.25, -0.2) is 4.79 Å². The fourth-order valence-electron chi connectivity index (χ4n) is 2.04. The second-order valence-electron chi connectivity index (χ2n) is 4.77. The number of carboxylic acids is 1. The van der Waals surface area contributed by atoms with Gasteiger partial charge in [-0.05, 0) is 26.2 Å². The molecular formula is C12H22N2O3. The number of nitrogens with zero attached hydrogens (tertiary/aromatic N) is 2. The molecule has 1 saturated heterocycles. The maximum atomic E-state index is 12.1. The molecule has 5 nitrogen and oxygen atoms in total. The van der Waals surface area contributed by atoms with Crippen LogP contribution in [0.3, 0.4) is 0 Å². The monoisotopic (exact) mass is 242 g/mol. The van der Waals surface area contributed by atoms with Crippen molar-refractivity contribution in [2.45, 2.75) is 39.2 Å². The summed E-state index contributed by atoms with van der Waals surface area (Å²) in [5, 5.41) is 8.98. The molecule has 0 aromatic heterocycles. The van der Waals surface area contributed by atoms with Crippen LogP contribution in [0, 0.1) is 5.92 Å². The van der Waals surface area contributed by atoms with Crippen molar-refractivity contribution in [3.63, 3.8) is 0 Å². The van der Waals surface area contributed by atoms with Gasteiger partial charge in [-0.2, -0.15) is 0 Å². The lowest BCUT2D eigenvalue weighted by atomic mass is 9.98. The number of carbonyl (C=O) groups is 2. The maximum Gasteiger partial charge on any atom is 0.320 e. The number of rotatable bonds is 3. The third-order valence-electron chi connectivity index (χ3n) is 3.59. The Morgan fingerprint density at radius 1 is 1.53 bits per heavy atom. The standard InChI is InChI=1S/C12H22N2O3/c1-4-9(2)13(3)12(17)14-7-5-6-10(8-14)11(15)16/h9-10H,4-8H2,1-3H3,(H,15,16)/t9?,10-/m0/s1. The molecule has 0 aliphatic carbocycles. The van der Waals surface area contributed by atoms with Crippen LogP contribution in [0.25, 0.3) is 0 Å². The minimum Gasteiger partial charge on any atom is -0.481 e. The summed E-state index contributed by atoms with van der Waals surface area (Å²) in [6.45, 7) is 5.04. The predicted molar refractivity (Wildman–Crippen MR) is 64.8 cm³/mol. The summed E-state index contributed by atoms with van der Waals surface area (Å²) in [5.41, 5.74) is 0. The lowest BCUT2D eigenvalue weighted by molar-refractivity contribution is -0.143. The van der Waals surface area contributed by atoms with Crippen molar-refractivity contribution >= 4 is 12.0 Å². The molecule has 2 amide bonds. The van der Waals surface area contributed by atoms with E-state index >= 15 is 0 Å². The molecule has 1 N–H and O–H groups in total. The average Bonchev–Trinajstić information content (AvgIpc) is 2.36. The fraction of sp³-hybridized carbons (Fsp3) is 0.833. The third kappa shape index (κ3) is 3.35. The van der Waals surface area contributed by atoms with Crippen LogP contribution < -0.4 is 0 Å². The first-order chi connectivity index (χ1) is 7.97. The molecule has 5 heteroatoms. The van der Waals surface area contributed by atoms with E-state index in [0.29, 0.717) is 19.5 Å². The van der Waals surface area contributed by atoms with Gasteiger partial charge >= 0.3 is 12.0 Å². The Bertz CT molecular complexity index is 293. The lowest BCUT2D eigenvalue weighted by Crippen LogP contribution is -2.49. The highest BCUT2D eigenvalue weighted by Gasteiger charge is 2.30. The number of carbonyl (C=O) groups excluding carboxylic acids is 1. The largest absolute Gasteiger partial charge is 0.481 e. The molecule has 1 unspecified atom stereocenters. The van der Waals surface area contributed by atoms with Gasteiger partial charge in [-0.3, -0.25) is 4.79 Å². The molecule has 0 aromatic carbocycles. The van der Waals surface area contributed by atoms with Crippen molar-refractivity contribution in [3.05, 3.63) is 0 Å². The van der Waals surface area contributed by atoms with E-state index in [9.17, 15) is 9.59 Å². The summed E-state index contributed by atoms with van der Waals surface area (Å²) in [6, 6.07) is 0.137. The highest BCUT2D eigenvalue weighted by atomic mass is 16.4. The van der Waals surface area contributed by atoms with E-state index in [0.717, 1.165) is 12.8 Å². The smallest absolute Gasteiger partial charge is 0.320 e. The number of hydrogen-bond donors (Lipinski definition) is 1. The Hall–Kier alpha value is -1.26. The van der Waals surface area contributed by atoms with Gasteiger partial charge in [0, 0.05) is 26.2 Å². The molecular weight excluding hydrogens is 220 g/mol. The zero-order valence-corrected chi connectivity index (χ0v) is 10.8. The van der Waals surface area contributed by atoms with Gasteiger partial charge in [0.05, 0.1) is 5.92 Å². The molecule has 0 aromatic rings. The highest BCUT2D eigenvalue weighted by Crippen LogP contribution is 2.18. The van der Waals surface area contributed by atoms with Crippen molar-refractivity contribution in [2.75, 3.05) is 20.1 Å². The number of carboxylic acid groups (broad SMARTS) is 1. The minimum absolute atomic E-state index is 0.0506. The van der Waals surface area contributed by atoms with Crippen LogP contribution in [0.4, 0.5) is 4.79 Å². The molecule has 1 heterocycles. The van der Waals surface area contributed by atoms with Crippen molar-refractivity contribution in [1.29, 1.82) is 0 Å². The van der Waals surface area contributed by atoms with Gasteiger partial charge in [0.15, 0.2) is 0 Å². The average molecular weight is 242 g/mol. The summed E-state index contributed by atoms with van der Waals surface area (Å²) in [5.74, 6) is -1.20. The minimum atomic E-state index is -0.798. The molecule has 1 aliphatic rings. The second-order valence-corrected chi connectivity index (χ2v) is 4.77. The number of urea groups is 1. The Morgan fingerprint density at radius 2 is 2.18 bits per heavy atom. The van der Waals surface area contributed by atoms with Crippen molar-refractivity contribution < 1.29 is 14.7 Å². The first-order valence-corrected chi connectivity index (χ1v) is 6.21. The quantitative estimate of drug-likeness (QED) is 0.818. The number of piperidine rings is 1. The SMILES string of the molecule is CCC(C)N(C)C(=O)N1CCC[C@H](C(=O)O)C1. The van der Waals surface area contributed by atoms with Gasteiger partial charge in [0.1, 0.15) is 0 Å². The molecule has 0 saturated carbocycles. The summed E-state index contributed by atoms with van der Waals surface area (Å²) >= 11 is 0. The molecule has 17 heavy (non-hydrogen) atoms. The predicted octanol–water partition coefficient (Wildman–Crippen LogP) is 1.63. The number of aliphatic carboxylic acids is 1. The van der Waals surface area contributed by atoms with E-state index in [2.05, 4.69) is 0 Å². The lowest BCUT2D eigenvalue weighted by Gasteiger charge is -2.35. The van der Waals surface area contributed by atoms with Crippen LogP contribution in [0.15, 0.2) is 0 Å². The molecule has 1 rings (SSSR count). The molecule has 1 aliphatic heterocycles. The second kappa shape index (κ2) is 5.89. The van der Waals surface area contributed by atoms with Crippen LogP contribution in [0.5, 0.6) is 0 Å². The Balaban J connectivity index is 2.60. The maximum absolute atomic E-state index is 12.1. The van der Waals surface area contributed by atoms with Crippen molar-refractivity contribution in [1.82, 2.24) is 9.80 Å². The Labute approximate surface area is 102 Å². The van der Waals surface area contributed by atoms with Crippen molar-refractivity contribution in [3.8, 4) is 0 Å². The number of likely N-dealkylation sites (tertiary alicyclic amines) is 1. The Morgan fingerprint density at radius 3 is 2.71 bits per heavy atom. The highest BCUT2D eigenvalue weighted by molar-refractivity contribution is 5.76. The first kappa shape index (κ1) is 13.8. The Kier molecular flexibility index (Phi) is 4.78. The summed E-state index contributed by atoms with van der Waals surface area (Å²) in [7, 11) is 1.78. The van der Waals surface area contributed by atoms with Crippen LogP contribution in [-0.4, -0.2) is 53.1 Å². The van der Waals surface area contributed by atoms with Crippen LogP contribution in [0.2, 0.25) is 0 Å². The van der Waals surface area contributed by atoms with E-state index in [-0.39, 0.29) is 12.1 Å². The summed E-state index contributed by atoms with van der Waals surface area (Å²) in [6.07, 6.45) is 2.35. The zero-order chi connectivity index (χ0) is 13.0. The van der Waals surface area contributed by atoms with Crippen LogP contribution in [0.1, 0.15) is 33.1 Å². The topological polar surface area (TPSA) is 60.9 Å². The van der Waals surface area contributed by atoms with Crippen LogP contribution >= 0.6 is 0 Å². The summed E-state index contributed by atoms with van der Waals surface area (Å²) < 4.78 is 0. The number of amides is 2.